The van der Waals surface area contributed by atoms with Crippen molar-refractivity contribution in [3.05, 3.63) is 23.0 Å². The van der Waals surface area contributed by atoms with Gasteiger partial charge in [-0.25, -0.2) is 0 Å². The summed E-state index contributed by atoms with van der Waals surface area (Å²) < 4.78 is 0. The Bertz CT molecular complexity index is 140. The molecule has 0 aromatic rings. The summed E-state index contributed by atoms with van der Waals surface area (Å²) in [7, 11) is -0.498. The maximum Gasteiger partial charge on any atom is 0.118 e. The summed E-state index contributed by atoms with van der Waals surface area (Å²) in [5.41, 5.74) is 0. The topological polar surface area (TPSA) is 23.8 Å². The Hall–Kier alpha value is -0.680. The van der Waals surface area contributed by atoms with Crippen LogP contribution in [0.2, 0.25) is 0 Å². The smallest absolute Gasteiger partial charge is 0.118 e. The fraction of sp³-hybridized carbons (Fsp3) is 0. The highest BCUT2D eigenvalue weighted by atomic mass is 32.2. The van der Waals surface area contributed by atoms with Crippen molar-refractivity contribution in [3.8, 4) is 5.40 Å². The van der Waals surface area contributed by atoms with Gasteiger partial charge in [0.05, 0.1) is 0 Å². The van der Waals surface area contributed by atoms with Crippen LogP contribution in [0, 0.1) is 10.7 Å². The number of rotatable bonds is 0. The van der Waals surface area contributed by atoms with Gasteiger partial charge in [0.2, 0.25) is 0 Å². The summed E-state index contributed by atoms with van der Waals surface area (Å²) in [6, 6.07) is 0. The Morgan fingerprint density at radius 3 is 2.14 bits per heavy atom. The molecule has 36 valence electrons. The third kappa shape index (κ3) is 0.847. The van der Waals surface area contributed by atoms with Crippen molar-refractivity contribution in [3.63, 3.8) is 0 Å². The molecule has 0 saturated heterocycles. The highest BCUT2D eigenvalue weighted by Gasteiger charge is 1.91. The maximum atomic E-state index is 8.24. The Labute approximate surface area is 45.3 Å². The second-order valence-electron chi connectivity index (χ2n) is 1.19. The van der Waals surface area contributed by atoms with Gasteiger partial charge in [0.15, 0.2) is 0 Å². The summed E-state index contributed by atoms with van der Waals surface area (Å²) in [6.45, 7) is 0. The highest BCUT2D eigenvalue weighted by Crippen LogP contribution is 2.30. The van der Waals surface area contributed by atoms with Crippen LogP contribution in [0.25, 0.3) is 0 Å². The van der Waals surface area contributed by atoms with Crippen LogP contribution in [-0.4, -0.2) is 0 Å². The number of nitriles is 1. The van der Waals surface area contributed by atoms with E-state index < -0.39 is 10.9 Å². The van der Waals surface area contributed by atoms with E-state index in [1.54, 1.807) is 0 Å². The zero-order valence-corrected chi connectivity index (χ0v) is 4.60. The van der Waals surface area contributed by atoms with Gasteiger partial charge in [0.25, 0.3) is 0 Å². The van der Waals surface area contributed by atoms with Crippen molar-refractivity contribution in [2.45, 2.75) is 0 Å². The fourth-order valence-corrected chi connectivity index (χ4v) is 1.20. The molecule has 1 nitrogen and oxygen atoms in total. The molecule has 0 atom stereocenters. The molecule has 0 N–H and O–H groups in total. The molecule has 0 saturated carbocycles. The van der Waals surface area contributed by atoms with Gasteiger partial charge in [-0.3, -0.25) is 0 Å². The monoisotopic (exact) mass is 111 g/mol. The molecule has 7 heavy (non-hydrogen) atoms. The van der Waals surface area contributed by atoms with Gasteiger partial charge in [-0.05, 0) is 10.8 Å². The summed E-state index contributed by atoms with van der Waals surface area (Å²) >= 11 is 0. The van der Waals surface area contributed by atoms with E-state index in [4.69, 9.17) is 5.26 Å². The molecule has 0 amide bonds. The first kappa shape index (κ1) is 4.48. The first-order valence-electron chi connectivity index (χ1n) is 1.96. The van der Waals surface area contributed by atoms with Crippen molar-refractivity contribution in [2.75, 3.05) is 0 Å². The van der Waals surface area contributed by atoms with Crippen LogP contribution in [0.15, 0.2) is 23.0 Å². The largest absolute Gasteiger partial charge is 0.186 e. The molecule has 1 rings (SSSR count). The van der Waals surface area contributed by atoms with E-state index >= 15 is 0 Å². The predicted molar refractivity (Wildman–Crippen MR) is 32.9 cm³/mol. The molecule has 0 fully saturated rings. The summed E-state index contributed by atoms with van der Waals surface area (Å²) in [6.07, 6.45) is 3.82. The minimum Gasteiger partial charge on any atom is -0.186 e. The molecular weight excluding hydrogens is 106 g/mol. The fourth-order valence-electron chi connectivity index (χ4n) is 0.401. The number of hydrogen-bond donors (Lipinski definition) is 1. The van der Waals surface area contributed by atoms with Crippen LogP contribution >= 0.6 is 10.9 Å². The van der Waals surface area contributed by atoms with E-state index in [-0.39, 0.29) is 0 Å². The Kier molecular flexibility index (Phi) is 1.19. The maximum absolute atomic E-state index is 8.24. The minimum absolute atomic E-state index is 0.498. The average Bonchev–Trinajstić information content (AvgIpc) is 2.14. The molecular formula is C5H5NS. The van der Waals surface area contributed by atoms with Crippen LogP contribution in [-0.2, 0) is 0 Å². The van der Waals surface area contributed by atoms with E-state index in [0.717, 1.165) is 0 Å². The Morgan fingerprint density at radius 1 is 1.29 bits per heavy atom. The number of nitrogens with zero attached hydrogens (tertiary/aromatic N) is 1. The van der Waals surface area contributed by atoms with Gasteiger partial charge in [0.1, 0.15) is 5.40 Å². The van der Waals surface area contributed by atoms with Gasteiger partial charge in [-0.15, -0.1) is 10.9 Å². The average molecular weight is 111 g/mol. The standard InChI is InChI=1S/C5H5NS/c6-5-7-3-1-2-4-7/h1-4,7H. The molecule has 0 aromatic heterocycles. The molecule has 0 aromatic carbocycles. The van der Waals surface area contributed by atoms with Crippen molar-refractivity contribution < 1.29 is 0 Å². The first-order chi connectivity index (χ1) is 3.43. The summed E-state index contributed by atoms with van der Waals surface area (Å²) in [5.74, 6) is 0. The third-order valence-corrected chi connectivity index (χ3v) is 1.94. The second kappa shape index (κ2) is 1.85. The van der Waals surface area contributed by atoms with Crippen LogP contribution in [0.5, 0.6) is 0 Å². The lowest BCUT2D eigenvalue weighted by molar-refractivity contribution is 1.57. The normalized spacial score (nSPS) is 20.1. The first-order valence-corrected chi connectivity index (χ1v) is 3.44. The van der Waals surface area contributed by atoms with E-state index in [0.29, 0.717) is 0 Å². The molecule has 0 spiro atoms. The van der Waals surface area contributed by atoms with Crippen LogP contribution in [0.4, 0.5) is 0 Å². The molecule has 1 aliphatic rings. The van der Waals surface area contributed by atoms with E-state index in [1.165, 1.54) is 0 Å². The van der Waals surface area contributed by atoms with Crippen molar-refractivity contribution in [1.29, 1.82) is 5.26 Å². The summed E-state index contributed by atoms with van der Waals surface area (Å²) in [5, 5.41) is 14.2. The summed E-state index contributed by atoms with van der Waals surface area (Å²) in [4.78, 5) is 0. The van der Waals surface area contributed by atoms with Crippen molar-refractivity contribution in [2.24, 2.45) is 0 Å². The third-order valence-electron chi connectivity index (χ3n) is 0.720. The van der Waals surface area contributed by atoms with Gasteiger partial charge in [-0.1, -0.05) is 12.2 Å². The second-order valence-corrected chi connectivity index (χ2v) is 2.80. The van der Waals surface area contributed by atoms with Crippen molar-refractivity contribution >= 4 is 10.9 Å². The van der Waals surface area contributed by atoms with Gasteiger partial charge >= 0.3 is 0 Å². The molecule has 0 unspecified atom stereocenters. The Balaban J connectivity index is 2.65. The molecule has 0 aliphatic carbocycles. The van der Waals surface area contributed by atoms with E-state index in [1.807, 2.05) is 23.0 Å². The van der Waals surface area contributed by atoms with Crippen molar-refractivity contribution in [1.82, 2.24) is 0 Å². The van der Waals surface area contributed by atoms with Crippen LogP contribution in [0.3, 0.4) is 0 Å². The van der Waals surface area contributed by atoms with Crippen LogP contribution in [0.1, 0.15) is 0 Å². The lowest BCUT2D eigenvalue weighted by Crippen LogP contribution is -1.50. The zero-order valence-electron chi connectivity index (χ0n) is 3.70. The zero-order chi connectivity index (χ0) is 5.11. The molecule has 1 aliphatic heterocycles. The van der Waals surface area contributed by atoms with E-state index in [2.05, 4.69) is 5.40 Å². The highest BCUT2D eigenvalue weighted by molar-refractivity contribution is 8.26. The lowest BCUT2D eigenvalue weighted by Gasteiger charge is -1.88. The quantitative estimate of drug-likeness (QED) is 0.372. The lowest BCUT2D eigenvalue weighted by atomic mass is 10.6. The number of allylic oxidation sites excluding steroid dienone is 2. The van der Waals surface area contributed by atoms with Crippen LogP contribution < -0.4 is 0 Å². The van der Waals surface area contributed by atoms with E-state index in [9.17, 15) is 0 Å². The molecule has 2 heteroatoms. The minimum atomic E-state index is -0.498. The number of hydrogen-bond acceptors (Lipinski definition) is 1. The number of thiocyanates is 1. The molecule has 1 heterocycles. The number of thiol groups is 1. The SMILES string of the molecule is N#C[SH]1C=CC=C1. The van der Waals surface area contributed by atoms with Gasteiger partial charge in [-0.2, -0.15) is 5.26 Å². The predicted octanol–water partition coefficient (Wildman–Crippen LogP) is 1.51. The molecule has 0 radical (unpaired) electrons. The Morgan fingerprint density at radius 2 is 1.86 bits per heavy atom. The molecule has 0 bridgehead atoms. The van der Waals surface area contributed by atoms with Gasteiger partial charge < -0.3 is 0 Å². The van der Waals surface area contributed by atoms with Gasteiger partial charge in [0, 0.05) is 0 Å².